The van der Waals surface area contributed by atoms with Gasteiger partial charge in [0.15, 0.2) is 0 Å². The Balaban J connectivity index is 1.71. The van der Waals surface area contributed by atoms with Gasteiger partial charge in [0.1, 0.15) is 11.3 Å². The number of carboxylic acids is 1. The first kappa shape index (κ1) is 30.7. The van der Waals surface area contributed by atoms with Gasteiger partial charge in [0.05, 0.1) is 20.2 Å². The van der Waals surface area contributed by atoms with E-state index in [1.807, 2.05) is 72.8 Å². The number of carbonyl (C=O) groups excluding carboxylic acids is 1. The second-order valence-electron chi connectivity index (χ2n) is 11.1. The zero-order chi connectivity index (χ0) is 31.3. The van der Waals surface area contributed by atoms with Crippen LogP contribution in [-0.2, 0) is 28.1 Å². The zero-order valence-corrected chi connectivity index (χ0v) is 25.5. The summed E-state index contributed by atoms with van der Waals surface area (Å²) >= 11 is 0. The van der Waals surface area contributed by atoms with Crippen molar-refractivity contribution in [3.63, 3.8) is 0 Å². The van der Waals surface area contributed by atoms with Crippen molar-refractivity contribution in [1.29, 1.82) is 0 Å². The van der Waals surface area contributed by atoms with E-state index in [0.717, 1.165) is 36.1 Å². The SMILES string of the molecule is CCCCc1cccc([C@]2([C@H](Oc3nc(C)cc(C)n3)C(=O)O)NCC(=O)N(Cc3ccc(OC)cc3)c3ccccc32)c1. The summed E-state index contributed by atoms with van der Waals surface area (Å²) in [6.07, 6.45) is 1.32. The van der Waals surface area contributed by atoms with Gasteiger partial charge in [0.2, 0.25) is 12.0 Å². The molecule has 1 aliphatic heterocycles. The Kier molecular flexibility index (Phi) is 9.25. The highest BCUT2D eigenvalue weighted by molar-refractivity contribution is 5.97. The van der Waals surface area contributed by atoms with Crippen LogP contribution >= 0.6 is 0 Å². The van der Waals surface area contributed by atoms with Crippen molar-refractivity contribution >= 4 is 17.6 Å². The summed E-state index contributed by atoms with van der Waals surface area (Å²) in [6, 6.07) is 24.6. The maximum Gasteiger partial charge on any atom is 0.347 e. The van der Waals surface area contributed by atoms with Crippen LogP contribution in [0.25, 0.3) is 0 Å². The van der Waals surface area contributed by atoms with Gasteiger partial charge in [-0.3, -0.25) is 10.1 Å². The van der Waals surface area contributed by atoms with Gasteiger partial charge in [-0.25, -0.2) is 14.8 Å². The number of aryl methyl sites for hydroxylation is 3. The number of hydrogen-bond donors (Lipinski definition) is 2. The number of para-hydroxylation sites is 1. The molecule has 3 aromatic carbocycles. The number of ether oxygens (including phenoxy) is 2. The number of hydrogen-bond acceptors (Lipinski definition) is 7. The fraction of sp³-hybridized carbons (Fsp3) is 0.314. The van der Waals surface area contributed by atoms with Crippen LogP contribution in [0.15, 0.2) is 78.9 Å². The molecule has 0 aliphatic carbocycles. The highest BCUT2D eigenvalue weighted by Crippen LogP contribution is 2.43. The quantitative estimate of drug-likeness (QED) is 0.239. The summed E-state index contributed by atoms with van der Waals surface area (Å²) in [5, 5.41) is 14.3. The average molecular weight is 595 g/mol. The van der Waals surface area contributed by atoms with E-state index in [4.69, 9.17) is 9.47 Å². The van der Waals surface area contributed by atoms with Gasteiger partial charge in [0, 0.05) is 22.6 Å². The fourth-order valence-corrected chi connectivity index (χ4v) is 5.84. The van der Waals surface area contributed by atoms with E-state index in [9.17, 15) is 14.7 Å². The molecule has 1 amide bonds. The van der Waals surface area contributed by atoms with Crippen LogP contribution in [0, 0.1) is 13.8 Å². The number of methoxy groups -OCH3 is 1. The Labute approximate surface area is 257 Å². The molecule has 2 heterocycles. The van der Waals surface area contributed by atoms with Crippen LogP contribution in [0.4, 0.5) is 5.69 Å². The van der Waals surface area contributed by atoms with Crippen molar-refractivity contribution in [1.82, 2.24) is 15.3 Å². The van der Waals surface area contributed by atoms with E-state index in [1.54, 1.807) is 31.9 Å². The molecule has 9 nitrogen and oxygen atoms in total. The van der Waals surface area contributed by atoms with Crippen LogP contribution in [0.3, 0.4) is 0 Å². The van der Waals surface area contributed by atoms with E-state index in [2.05, 4.69) is 22.2 Å². The number of anilines is 1. The summed E-state index contributed by atoms with van der Waals surface area (Å²) in [5.74, 6) is -0.704. The molecule has 0 unspecified atom stereocenters. The number of unbranched alkanes of at least 4 members (excludes halogenated alkanes) is 1. The van der Waals surface area contributed by atoms with Crippen LogP contribution < -0.4 is 19.7 Å². The van der Waals surface area contributed by atoms with Gasteiger partial charge in [0.25, 0.3) is 0 Å². The van der Waals surface area contributed by atoms with E-state index >= 15 is 0 Å². The minimum Gasteiger partial charge on any atom is -0.497 e. The lowest BCUT2D eigenvalue weighted by Gasteiger charge is -2.39. The first-order valence-electron chi connectivity index (χ1n) is 14.8. The predicted molar refractivity (Wildman–Crippen MR) is 168 cm³/mol. The Morgan fingerprint density at radius 2 is 1.73 bits per heavy atom. The minimum absolute atomic E-state index is 0.0404. The second-order valence-corrected chi connectivity index (χ2v) is 11.1. The molecule has 5 rings (SSSR count). The van der Waals surface area contributed by atoms with E-state index < -0.39 is 17.6 Å². The van der Waals surface area contributed by atoms with Crippen molar-refractivity contribution in [2.75, 3.05) is 18.6 Å². The molecule has 0 saturated carbocycles. The topological polar surface area (TPSA) is 114 Å². The van der Waals surface area contributed by atoms with Gasteiger partial charge in [-0.2, -0.15) is 0 Å². The van der Waals surface area contributed by atoms with Crippen molar-refractivity contribution in [2.24, 2.45) is 0 Å². The number of amides is 1. The Morgan fingerprint density at radius 3 is 2.41 bits per heavy atom. The first-order valence-corrected chi connectivity index (χ1v) is 14.8. The number of carbonyl (C=O) groups is 2. The van der Waals surface area contributed by atoms with Gasteiger partial charge < -0.3 is 19.5 Å². The summed E-state index contributed by atoms with van der Waals surface area (Å²) < 4.78 is 11.6. The van der Waals surface area contributed by atoms with Crippen molar-refractivity contribution in [2.45, 2.75) is 58.2 Å². The summed E-state index contributed by atoms with van der Waals surface area (Å²) in [4.78, 5) is 37.7. The molecule has 0 radical (unpaired) electrons. The fourth-order valence-electron chi connectivity index (χ4n) is 5.84. The molecule has 1 aliphatic rings. The molecular formula is C35H38N4O5. The number of nitrogens with zero attached hydrogens (tertiary/aromatic N) is 3. The molecule has 228 valence electrons. The number of nitrogens with one attached hydrogen (secondary N) is 1. The molecule has 4 aromatic rings. The maximum atomic E-state index is 13.9. The third-order valence-electron chi connectivity index (χ3n) is 7.94. The monoisotopic (exact) mass is 594 g/mol. The van der Waals surface area contributed by atoms with Crippen LogP contribution in [0.2, 0.25) is 0 Å². The molecule has 0 spiro atoms. The smallest absolute Gasteiger partial charge is 0.347 e. The number of rotatable bonds is 11. The Morgan fingerprint density at radius 1 is 1.00 bits per heavy atom. The first-order chi connectivity index (χ1) is 21.2. The number of carboxylic acid groups (broad SMARTS) is 1. The average Bonchev–Trinajstić information content (AvgIpc) is 3.13. The number of fused-ring (bicyclic) bond motifs is 1. The van der Waals surface area contributed by atoms with Crippen LogP contribution in [0.5, 0.6) is 11.8 Å². The van der Waals surface area contributed by atoms with Crippen LogP contribution in [-0.4, -0.2) is 46.7 Å². The summed E-state index contributed by atoms with van der Waals surface area (Å²) in [5.41, 5.74) is 3.67. The highest BCUT2D eigenvalue weighted by Gasteiger charge is 2.52. The number of benzene rings is 3. The van der Waals surface area contributed by atoms with Gasteiger partial charge in [-0.15, -0.1) is 0 Å². The molecule has 44 heavy (non-hydrogen) atoms. The molecule has 2 atom stereocenters. The summed E-state index contributed by atoms with van der Waals surface area (Å²) in [6.45, 7) is 5.89. The standard InChI is InChI=1S/C35H38N4O5/c1-5-6-10-25-11-9-12-27(20-25)35(32(33(41)42)44-34-37-23(2)19-24(3)38-34)29-13-7-8-14-30(29)39(31(40)21-36-35)22-26-15-17-28(43-4)18-16-26/h7-9,11-20,32,36H,5-6,10,21-22H2,1-4H3,(H,41,42)/t32-,35+/m1/s1. The maximum absolute atomic E-state index is 13.9. The number of aliphatic carboxylic acids is 1. The molecule has 1 aromatic heterocycles. The zero-order valence-electron chi connectivity index (χ0n) is 25.5. The lowest BCUT2D eigenvalue weighted by Crippen LogP contribution is -2.58. The molecule has 2 N–H and O–H groups in total. The third kappa shape index (κ3) is 6.28. The lowest BCUT2D eigenvalue weighted by atomic mass is 9.76. The van der Waals surface area contributed by atoms with Gasteiger partial charge >= 0.3 is 12.0 Å². The van der Waals surface area contributed by atoms with Crippen molar-refractivity contribution < 1.29 is 24.2 Å². The lowest BCUT2D eigenvalue weighted by molar-refractivity contribution is -0.149. The molecule has 0 saturated heterocycles. The molecule has 9 heteroatoms. The van der Waals surface area contributed by atoms with E-state index in [0.29, 0.717) is 28.2 Å². The van der Waals surface area contributed by atoms with E-state index in [-0.39, 0.29) is 25.0 Å². The molecule has 0 bridgehead atoms. The Hall–Kier alpha value is -4.76. The predicted octanol–water partition coefficient (Wildman–Crippen LogP) is 5.36. The van der Waals surface area contributed by atoms with E-state index in [1.165, 1.54) is 0 Å². The third-order valence-corrected chi connectivity index (χ3v) is 7.94. The van der Waals surface area contributed by atoms with Gasteiger partial charge in [-0.1, -0.05) is 67.9 Å². The van der Waals surface area contributed by atoms with Gasteiger partial charge in [-0.05, 0) is 67.6 Å². The highest BCUT2D eigenvalue weighted by atomic mass is 16.5. The van der Waals surface area contributed by atoms with Crippen molar-refractivity contribution in [3.8, 4) is 11.8 Å². The van der Waals surface area contributed by atoms with Crippen molar-refractivity contribution in [3.05, 3.63) is 113 Å². The molecule has 0 fully saturated rings. The largest absolute Gasteiger partial charge is 0.497 e. The Bertz CT molecular complexity index is 1620. The normalized spacial score (nSPS) is 17.0. The van der Waals surface area contributed by atoms with Crippen LogP contribution in [0.1, 0.15) is 53.4 Å². The molecular weight excluding hydrogens is 556 g/mol. The second kappa shape index (κ2) is 13.3. The minimum atomic E-state index is -1.53. The summed E-state index contributed by atoms with van der Waals surface area (Å²) in [7, 11) is 1.61. The number of aromatic nitrogens is 2.